The molecule has 1 atom stereocenters. The van der Waals surface area contributed by atoms with Gasteiger partial charge in [-0.15, -0.1) is 0 Å². The highest BCUT2D eigenvalue weighted by Crippen LogP contribution is 2.19. The van der Waals surface area contributed by atoms with Gasteiger partial charge in [0.15, 0.2) is 0 Å². The quantitative estimate of drug-likeness (QED) is 0.753. The largest absolute Gasteiger partial charge is 0.350 e. The van der Waals surface area contributed by atoms with E-state index in [1.165, 1.54) is 0 Å². The summed E-state index contributed by atoms with van der Waals surface area (Å²) in [5, 5.41) is 11.6. The SMILES string of the molecule is C=C(Cl)CNC(=O)C(C)(C#N)CC. The number of carbonyl (C=O) groups is 1. The molecule has 0 saturated heterocycles. The first-order chi connectivity index (χ1) is 5.96. The summed E-state index contributed by atoms with van der Waals surface area (Å²) in [6.07, 6.45) is 0.476. The predicted molar refractivity (Wildman–Crippen MR) is 52.0 cm³/mol. The Morgan fingerprint density at radius 2 is 2.31 bits per heavy atom. The molecule has 0 bridgehead atoms. The highest BCUT2D eigenvalue weighted by Gasteiger charge is 2.30. The van der Waals surface area contributed by atoms with Gasteiger partial charge in [-0.3, -0.25) is 4.79 Å². The number of carbonyl (C=O) groups excluding carboxylic acids is 1. The van der Waals surface area contributed by atoms with Crippen molar-refractivity contribution >= 4 is 17.5 Å². The molecule has 3 nitrogen and oxygen atoms in total. The number of hydrogen-bond donors (Lipinski definition) is 1. The molecule has 0 saturated carbocycles. The second kappa shape index (κ2) is 4.88. The Morgan fingerprint density at radius 3 is 2.62 bits per heavy atom. The Labute approximate surface area is 83.4 Å². The Hall–Kier alpha value is -1.01. The van der Waals surface area contributed by atoms with Crippen molar-refractivity contribution in [1.82, 2.24) is 5.32 Å². The van der Waals surface area contributed by atoms with Crippen molar-refractivity contribution in [2.75, 3.05) is 6.54 Å². The molecule has 0 rings (SSSR count). The minimum Gasteiger partial charge on any atom is -0.350 e. The van der Waals surface area contributed by atoms with Crippen molar-refractivity contribution in [2.24, 2.45) is 5.41 Å². The molecule has 1 amide bonds. The van der Waals surface area contributed by atoms with Gasteiger partial charge in [-0.25, -0.2) is 0 Å². The van der Waals surface area contributed by atoms with Crippen molar-refractivity contribution in [2.45, 2.75) is 20.3 Å². The molecule has 0 aromatic carbocycles. The van der Waals surface area contributed by atoms with Gasteiger partial charge in [-0.1, -0.05) is 25.1 Å². The molecule has 1 unspecified atom stereocenters. The molecule has 0 spiro atoms. The van der Waals surface area contributed by atoms with Gasteiger partial charge in [-0.05, 0) is 13.3 Å². The number of halogens is 1. The van der Waals surface area contributed by atoms with Crippen LogP contribution in [0.25, 0.3) is 0 Å². The van der Waals surface area contributed by atoms with Crippen LogP contribution in [0.3, 0.4) is 0 Å². The Bertz CT molecular complexity index is 257. The van der Waals surface area contributed by atoms with E-state index in [0.717, 1.165) is 0 Å². The van der Waals surface area contributed by atoms with E-state index in [1.54, 1.807) is 13.8 Å². The van der Waals surface area contributed by atoms with Crippen molar-refractivity contribution in [3.05, 3.63) is 11.6 Å². The molecule has 0 aliphatic carbocycles. The molecule has 0 radical (unpaired) electrons. The molecule has 72 valence electrons. The average Bonchev–Trinajstić information content (AvgIpc) is 2.12. The predicted octanol–water partition coefficient (Wildman–Crippen LogP) is 1.79. The van der Waals surface area contributed by atoms with Crippen LogP contribution >= 0.6 is 11.6 Å². The number of rotatable bonds is 4. The summed E-state index contributed by atoms with van der Waals surface area (Å²) >= 11 is 5.47. The molecule has 0 aliphatic heterocycles. The second-order valence-corrected chi connectivity index (χ2v) is 3.53. The van der Waals surface area contributed by atoms with Crippen molar-refractivity contribution in [1.29, 1.82) is 5.26 Å². The summed E-state index contributed by atoms with van der Waals surface area (Å²) in [4.78, 5) is 11.4. The van der Waals surface area contributed by atoms with E-state index in [-0.39, 0.29) is 12.5 Å². The third kappa shape index (κ3) is 3.47. The molecule has 0 aliphatic rings. The highest BCUT2D eigenvalue weighted by molar-refractivity contribution is 6.29. The van der Waals surface area contributed by atoms with E-state index in [1.807, 2.05) is 6.07 Å². The lowest BCUT2D eigenvalue weighted by Crippen LogP contribution is -2.38. The molecule has 0 aromatic rings. The summed E-state index contributed by atoms with van der Waals surface area (Å²) in [5.41, 5.74) is -0.966. The summed E-state index contributed by atoms with van der Waals surface area (Å²) in [6.45, 7) is 7.02. The average molecular weight is 201 g/mol. The van der Waals surface area contributed by atoms with Gasteiger partial charge in [0.2, 0.25) is 5.91 Å². The van der Waals surface area contributed by atoms with Crippen LogP contribution < -0.4 is 5.32 Å². The maximum Gasteiger partial charge on any atom is 0.240 e. The topological polar surface area (TPSA) is 52.9 Å². The first kappa shape index (κ1) is 12.0. The second-order valence-electron chi connectivity index (χ2n) is 3.00. The van der Waals surface area contributed by atoms with Gasteiger partial charge in [0.1, 0.15) is 5.41 Å². The molecule has 13 heavy (non-hydrogen) atoms. The van der Waals surface area contributed by atoms with E-state index in [9.17, 15) is 4.79 Å². The van der Waals surface area contributed by atoms with Crippen LogP contribution in [-0.4, -0.2) is 12.5 Å². The normalized spacial score (nSPS) is 14.0. The van der Waals surface area contributed by atoms with Crippen molar-refractivity contribution in [3.8, 4) is 6.07 Å². The molecule has 0 fully saturated rings. The van der Waals surface area contributed by atoms with E-state index < -0.39 is 5.41 Å². The standard InChI is InChI=1S/C9H13ClN2O/c1-4-9(3,6-11)8(13)12-5-7(2)10/h2,4-5H2,1,3H3,(H,12,13). The van der Waals surface area contributed by atoms with Crippen LogP contribution in [0.2, 0.25) is 0 Å². The molecule has 0 aromatic heterocycles. The Kier molecular flexibility index (Phi) is 4.50. The Morgan fingerprint density at radius 1 is 1.77 bits per heavy atom. The smallest absolute Gasteiger partial charge is 0.240 e. The lowest BCUT2D eigenvalue weighted by atomic mass is 9.88. The maximum absolute atomic E-state index is 11.4. The minimum atomic E-state index is -0.966. The number of nitrogens with one attached hydrogen (secondary N) is 1. The zero-order chi connectivity index (χ0) is 10.5. The van der Waals surface area contributed by atoms with Crippen LogP contribution in [0.5, 0.6) is 0 Å². The number of nitrogens with zero attached hydrogens (tertiary/aromatic N) is 1. The van der Waals surface area contributed by atoms with Crippen LogP contribution in [0.15, 0.2) is 11.6 Å². The number of nitriles is 1. The monoisotopic (exact) mass is 200 g/mol. The van der Waals surface area contributed by atoms with Gasteiger partial charge in [0.25, 0.3) is 0 Å². The summed E-state index contributed by atoms with van der Waals surface area (Å²) in [7, 11) is 0. The number of amides is 1. The molecular formula is C9H13ClN2O. The van der Waals surface area contributed by atoms with E-state index in [4.69, 9.17) is 16.9 Å². The van der Waals surface area contributed by atoms with Gasteiger partial charge >= 0.3 is 0 Å². The molecular weight excluding hydrogens is 188 g/mol. The van der Waals surface area contributed by atoms with E-state index >= 15 is 0 Å². The maximum atomic E-state index is 11.4. The number of hydrogen-bond acceptors (Lipinski definition) is 2. The lowest BCUT2D eigenvalue weighted by molar-refractivity contribution is -0.127. The zero-order valence-electron chi connectivity index (χ0n) is 7.85. The van der Waals surface area contributed by atoms with Crippen LogP contribution in [0.1, 0.15) is 20.3 Å². The lowest BCUT2D eigenvalue weighted by Gasteiger charge is -2.17. The fraction of sp³-hybridized carbons (Fsp3) is 0.556. The van der Waals surface area contributed by atoms with E-state index in [0.29, 0.717) is 11.5 Å². The summed E-state index contributed by atoms with van der Waals surface area (Å²) < 4.78 is 0. The fourth-order valence-electron chi connectivity index (χ4n) is 0.662. The molecule has 1 N–H and O–H groups in total. The highest BCUT2D eigenvalue weighted by atomic mass is 35.5. The van der Waals surface area contributed by atoms with Crippen LogP contribution in [0, 0.1) is 16.7 Å². The minimum absolute atomic E-state index is 0.206. The van der Waals surface area contributed by atoms with Gasteiger partial charge in [0.05, 0.1) is 12.6 Å². The third-order valence-corrected chi connectivity index (χ3v) is 2.03. The first-order valence-corrected chi connectivity index (χ1v) is 4.37. The van der Waals surface area contributed by atoms with Gasteiger partial charge < -0.3 is 5.32 Å². The van der Waals surface area contributed by atoms with E-state index in [2.05, 4.69) is 11.9 Å². The van der Waals surface area contributed by atoms with Gasteiger partial charge in [0, 0.05) is 5.03 Å². The zero-order valence-corrected chi connectivity index (χ0v) is 8.61. The summed E-state index contributed by atoms with van der Waals surface area (Å²) in [5.74, 6) is -0.306. The first-order valence-electron chi connectivity index (χ1n) is 3.99. The van der Waals surface area contributed by atoms with Crippen molar-refractivity contribution < 1.29 is 4.79 Å². The van der Waals surface area contributed by atoms with Gasteiger partial charge in [-0.2, -0.15) is 5.26 Å². The Balaban J connectivity index is 4.26. The van der Waals surface area contributed by atoms with Crippen LogP contribution in [0.4, 0.5) is 0 Å². The van der Waals surface area contributed by atoms with Crippen molar-refractivity contribution in [3.63, 3.8) is 0 Å². The van der Waals surface area contributed by atoms with Crippen LogP contribution in [-0.2, 0) is 4.79 Å². The molecule has 0 heterocycles. The summed E-state index contributed by atoms with van der Waals surface area (Å²) in [6, 6.07) is 1.97. The third-order valence-electron chi connectivity index (χ3n) is 1.90. The molecule has 4 heteroatoms. The fourth-order valence-corrected chi connectivity index (χ4v) is 0.728.